The minimum absolute atomic E-state index is 0.0338. The van der Waals surface area contributed by atoms with Crippen molar-refractivity contribution in [1.29, 1.82) is 0 Å². The first-order valence-electron chi connectivity index (χ1n) is 10.3. The molecule has 2 aromatic rings. The average molecular weight is 433 g/mol. The molecule has 6 nitrogen and oxygen atoms in total. The number of aryl methyl sites for hydroxylation is 1. The molecule has 30 heavy (non-hydrogen) atoms. The highest BCUT2D eigenvalue weighted by molar-refractivity contribution is 7.89. The van der Waals surface area contributed by atoms with Gasteiger partial charge in [-0.05, 0) is 36.1 Å². The summed E-state index contributed by atoms with van der Waals surface area (Å²) in [5.74, 6) is -0.451. The summed E-state index contributed by atoms with van der Waals surface area (Å²) in [5.41, 5.74) is 1.55. The molecule has 0 heterocycles. The maximum absolute atomic E-state index is 13.0. The number of hydrogen-bond donors (Lipinski definition) is 2. The zero-order valence-electron chi connectivity index (χ0n) is 18.3. The van der Waals surface area contributed by atoms with Crippen LogP contribution in [0.3, 0.4) is 0 Å². The molecule has 7 heteroatoms. The summed E-state index contributed by atoms with van der Waals surface area (Å²) in [6, 6.07) is 13.3. The molecule has 0 radical (unpaired) electrons. The van der Waals surface area contributed by atoms with Crippen LogP contribution in [0.2, 0.25) is 0 Å². The second-order valence-corrected chi connectivity index (χ2v) is 9.57. The van der Waals surface area contributed by atoms with Crippen LogP contribution in [0.5, 0.6) is 0 Å². The lowest BCUT2D eigenvalue weighted by Gasteiger charge is -2.28. The third-order valence-electron chi connectivity index (χ3n) is 5.27. The number of amides is 1. The average Bonchev–Trinajstić information content (AvgIpc) is 2.72. The fourth-order valence-electron chi connectivity index (χ4n) is 3.42. The predicted octanol–water partition coefficient (Wildman–Crippen LogP) is 3.51. The van der Waals surface area contributed by atoms with Crippen molar-refractivity contribution in [2.24, 2.45) is 5.92 Å². The summed E-state index contributed by atoms with van der Waals surface area (Å²) in [4.78, 5) is 13.1. The first-order chi connectivity index (χ1) is 14.1. The number of nitrogens with one attached hydrogen (secondary N) is 1. The number of rotatable bonds is 9. The van der Waals surface area contributed by atoms with Crippen molar-refractivity contribution in [2.45, 2.75) is 51.7 Å². The Labute approximate surface area is 180 Å². The zero-order valence-corrected chi connectivity index (χ0v) is 19.1. The topological polar surface area (TPSA) is 86.7 Å². The van der Waals surface area contributed by atoms with Crippen LogP contribution in [-0.4, -0.2) is 42.9 Å². The number of sulfonamides is 1. The summed E-state index contributed by atoms with van der Waals surface area (Å²) >= 11 is 0. The van der Waals surface area contributed by atoms with Crippen molar-refractivity contribution in [3.8, 4) is 0 Å². The first-order valence-corrected chi connectivity index (χ1v) is 11.7. The Kier molecular flexibility index (Phi) is 8.18. The number of carbonyl (C=O) groups excluding carboxylic acids is 1. The lowest BCUT2D eigenvalue weighted by molar-refractivity contribution is 0.0759. The van der Waals surface area contributed by atoms with Gasteiger partial charge in [-0.25, -0.2) is 8.42 Å². The molecule has 0 saturated carbocycles. The number of aliphatic hydroxyl groups excluding tert-OH is 1. The van der Waals surface area contributed by atoms with Crippen LogP contribution in [-0.2, 0) is 10.0 Å². The molecular formula is C23H32N2O4S. The van der Waals surface area contributed by atoms with E-state index in [1.807, 2.05) is 44.2 Å². The van der Waals surface area contributed by atoms with Crippen LogP contribution < -0.4 is 5.32 Å². The molecule has 0 saturated heterocycles. The summed E-state index contributed by atoms with van der Waals surface area (Å²) in [5, 5.41) is 13.7. The summed E-state index contributed by atoms with van der Waals surface area (Å²) in [6.45, 7) is 9.83. The van der Waals surface area contributed by atoms with Crippen LogP contribution in [0.1, 0.15) is 55.3 Å². The van der Waals surface area contributed by atoms with Crippen molar-refractivity contribution in [1.82, 2.24) is 9.62 Å². The van der Waals surface area contributed by atoms with Crippen LogP contribution in [0.4, 0.5) is 0 Å². The molecule has 2 aromatic carbocycles. The third-order valence-corrected chi connectivity index (χ3v) is 7.46. The molecule has 1 amide bonds. The van der Waals surface area contributed by atoms with Gasteiger partial charge in [0.2, 0.25) is 10.0 Å². The van der Waals surface area contributed by atoms with Crippen molar-refractivity contribution < 1.29 is 18.3 Å². The number of aliphatic hydroxyl groups is 1. The van der Waals surface area contributed by atoms with E-state index in [1.165, 1.54) is 10.4 Å². The highest BCUT2D eigenvalue weighted by Gasteiger charge is 2.28. The number of hydrogen-bond acceptors (Lipinski definition) is 4. The molecule has 164 valence electrons. The maximum Gasteiger partial charge on any atom is 0.251 e. The maximum atomic E-state index is 13.0. The Bertz CT molecular complexity index is 954. The zero-order chi connectivity index (χ0) is 22.5. The standard InChI is InChI=1S/C23H32N2O4S/c1-6-25(7-2)30(28,29)20-15-19(14-13-17(20)5)23(27)24-21(16(3)4)22(26)18-11-9-8-10-12-18/h8-16,21-22,26H,6-7H2,1-5H3,(H,24,27)/t21-,22+/m1/s1. The van der Waals surface area contributed by atoms with E-state index in [0.717, 1.165) is 0 Å². The van der Waals surface area contributed by atoms with E-state index in [2.05, 4.69) is 5.32 Å². The van der Waals surface area contributed by atoms with E-state index in [9.17, 15) is 18.3 Å². The molecule has 0 aliphatic carbocycles. The molecule has 0 aliphatic heterocycles. The largest absolute Gasteiger partial charge is 0.386 e. The number of nitrogens with zero attached hydrogens (tertiary/aromatic N) is 1. The van der Waals surface area contributed by atoms with Gasteiger partial charge in [0, 0.05) is 18.7 Å². The third kappa shape index (κ3) is 5.28. The summed E-state index contributed by atoms with van der Waals surface area (Å²) in [6.07, 6.45) is -0.875. The molecule has 0 fully saturated rings. The quantitative estimate of drug-likeness (QED) is 0.635. The molecule has 0 bridgehead atoms. The molecular weight excluding hydrogens is 400 g/mol. The van der Waals surface area contributed by atoms with Crippen molar-refractivity contribution in [3.63, 3.8) is 0 Å². The van der Waals surface area contributed by atoms with Gasteiger partial charge in [-0.15, -0.1) is 0 Å². The molecule has 0 aliphatic rings. The highest BCUT2D eigenvalue weighted by atomic mass is 32.2. The Morgan fingerprint density at radius 1 is 1.07 bits per heavy atom. The lowest BCUT2D eigenvalue weighted by atomic mass is 9.93. The van der Waals surface area contributed by atoms with Crippen LogP contribution >= 0.6 is 0 Å². The van der Waals surface area contributed by atoms with Crippen molar-refractivity contribution >= 4 is 15.9 Å². The second kappa shape index (κ2) is 10.2. The van der Waals surface area contributed by atoms with Gasteiger partial charge in [0.15, 0.2) is 0 Å². The van der Waals surface area contributed by atoms with E-state index in [1.54, 1.807) is 32.9 Å². The van der Waals surface area contributed by atoms with Gasteiger partial charge >= 0.3 is 0 Å². The van der Waals surface area contributed by atoms with Crippen molar-refractivity contribution in [2.75, 3.05) is 13.1 Å². The normalized spacial score (nSPS) is 14.0. The van der Waals surface area contributed by atoms with Gasteiger partial charge in [-0.3, -0.25) is 4.79 Å². The van der Waals surface area contributed by atoms with E-state index in [4.69, 9.17) is 0 Å². The van der Waals surface area contributed by atoms with Crippen LogP contribution in [0, 0.1) is 12.8 Å². The summed E-state index contributed by atoms with van der Waals surface area (Å²) in [7, 11) is -3.69. The Morgan fingerprint density at radius 3 is 2.20 bits per heavy atom. The molecule has 2 N–H and O–H groups in total. The highest BCUT2D eigenvalue weighted by Crippen LogP contribution is 2.24. The monoisotopic (exact) mass is 432 g/mol. The van der Waals surface area contributed by atoms with Crippen LogP contribution in [0.15, 0.2) is 53.4 Å². The Hall–Kier alpha value is -2.22. The number of carbonyl (C=O) groups is 1. The molecule has 0 spiro atoms. The van der Waals surface area contributed by atoms with Crippen LogP contribution in [0.25, 0.3) is 0 Å². The Morgan fingerprint density at radius 2 is 1.67 bits per heavy atom. The molecule has 2 atom stereocenters. The molecule has 0 aromatic heterocycles. The van der Waals surface area contributed by atoms with E-state index in [-0.39, 0.29) is 16.4 Å². The minimum Gasteiger partial charge on any atom is -0.386 e. The molecule has 0 unspecified atom stereocenters. The SMILES string of the molecule is CCN(CC)S(=O)(=O)c1cc(C(=O)N[C@H](C(C)C)[C@@H](O)c2ccccc2)ccc1C. The fourth-order valence-corrected chi connectivity index (χ4v) is 5.13. The second-order valence-electron chi connectivity index (χ2n) is 7.67. The van der Waals surface area contributed by atoms with Gasteiger partial charge < -0.3 is 10.4 Å². The van der Waals surface area contributed by atoms with E-state index < -0.39 is 28.1 Å². The lowest BCUT2D eigenvalue weighted by Crippen LogP contribution is -2.43. The van der Waals surface area contributed by atoms with Gasteiger partial charge in [0.05, 0.1) is 17.0 Å². The molecule has 2 rings (SSSR count). The Balaban J connectivity index is 2.34. The number of benzene rings is 2. The van der Waals surface area contributed by atoms with E-state index >= 15 is 0 Å². The van der Waals surface area contributed by atoms with Crippen molar-refractivity contribution in [3.05, 3.63) is 65.2 Å². The smallest absolute Gasteiger partial charge is 0.251 e. The first kappa shape index (κ1) is 24.1. The summed E-state index contributed by atoms with van der Waals surface area (Å²) < 4.78 is 27.3. The van der Waals surface area contributed by atoms with Gasteiger partial charge in [-0.2, -0.15) is 4.31 Å². The predicted molar refractivity (Wildman–Crippen MR) is 119 cm³/mol. The fraction of sp³-hybridized carbons (Fsp3) is 0.435. The van der Waals surface area contributed by atoms with Gasteiger partial charge in [0.25, 0.3) is 5.91 Å². The van der Waals surface area contributed by atoms with Gasteiger partial charge in [-0.1, -0.05) is 64.1 Å². The van der Waals surface area contributed by atoms with Gasteiger partial charge in [0.1, 0.15) is 0 Å². The minimum atomic E-state index is -3.69. The van der Waals surface area contributed by atoms with E-state index in [0.29, 0.717) is 24.2 Å².